The van der Waals surface area contributed by atoms with Gasteiger partial charge in [0.2, 0.25) is 0 Å². The second-order valence-electron chi connectivity index (χ2n) is 7.41. The summed E-state index contributed by atoms with van der Waals surface area (Å²) in [7, 11) is 3.44. The number of H-pyrrole nitrogens is 1. The van der Waals surface area contributed by atoms with Gasteiger partial charge in [-0.2, -0.15) is 13.2 Å². The lowest BCUT2D eigenvalue weighted by molar-refractivity contribution is -0.137. The molecule has 1 aromatic heterocycles. The molecule has 0 aliphatic carbocycles. The average molecular weight is 409 g/mol. The number of benzene rings is 1. The lowest BCUT2D eigenvalue weighted by atomic mass is 10.0. The summed E-state index contributed by atoms with van der Waals surface area (Å²) in [5.41, 5.74) is 1.75. The van der Waals surface area contributed by atoms with Gasteiger partial charge in [0.25, 0.3) is 0 Å². The molecule has 0 spiro atoms. The summed E-state index contributed by atoms with van der Waals surface area (Å²) >= 11 is 0. The molecular weight excluding hydrogens is 383 g/mol. The topological polar surface area (TPSA) is 64.3 Å². The van der Waals surface area contributed by atoms with E-state index in [0.717, 1.165) is 49.5 Å². The van der Waals surface area contributed by atoms with Gasteiger partial charge >= 0.3 is 12.2 Å². The lowest BCUT2D eigenvalue weighted by Gasteiger charge is -2.36. The van der Waals surface area contributed by atoms with Crippen molar-refractivity contribution in [3.05, 3.63) is 41.2 Å². The first-order chi connectivity index (χ1) is 13.7. The normalized spacial score (nSPS) is 16.1. The molecule has 2 aromatic rings. The van der Waals surface area contributed by atoms with Crippen LogP contribution in [0.15, 0.2) is 24.3 Å². The number of nitrogens with zero attached hydrogens (tertiary/aromatic N) is 3. The third kappa shape index (κ3) is 4.90. The van der Waals surface area contributed by atoms with Gasteiger partial charge in [-0.1, -0.05) is 12.1 Å². The first kappa shape index (κ1) is 21.2. The Morgan fingerprint density at radius 2 is 1.90 bits per heavy atom. The van der Waals surface area contributed by atoms with Crippen LogP contribution in [-0.2, 0) is 12.7 Å². The second kappa shape index (κ2) is 8.44. The number of halogens is 3. The van der Waals surface area contributed by atoms with Gasteiger partial charge < -0.3 is 15.2 Å². The molecule has 0 radical (unpaired) electrons. The average Bonchev–Trinajstić information content (AvgIpc) is 3.07. The summed E-state index contributed by atoms with van der Waals surface area (Å²) in [6.07, 6.45) is -2.57. The van der Waals surface area contributed by atoms with E-state index in [1.807, 2.05) is 14.0 Å². The van der Waals surface area contributed by atoms with Crippen molar-refractivity contribution >= 4 is 6.03 Å². The molecule has 2 heterocycles. The Labute approximate surface area is 168 Å². The second-order valence-corrected chi connectivity index (χ2v) is 7.41. The van der Waals surface area contributed by atoms with Crippen LogP contribution in [0, 0.1) is 6.92 Å². The van der Waals surface area contributed by atoms with E-state index in [0.29, 0.717) is 17.9 Å². The number of carbonyl (C=O) groups is 1. The maximum absolute atomic E-state index is 12.7. The molecule has 9 heteroatoms. The number of carbonyl (C=O) groups excluding carboxylic acids is 1. The van der Waals surface area contributed by atoms with Gasteiger partial charge in [0.15, 0.2) is 0 Å². The van der Waals surface area contributed by atoms with Gasteiger partial charge in [0.05, 0.1) is 11.3 Å². The fourth-order valence-electron chi connectivity index (χ4n) is 3.62. The zero-order valence-electron chi connectivity index (χ0n) is 16.8. The molecule has 2 N–H and O–H groups in total. The van der Waals surface area contributed by atoms with E-state index >= 15 is 0 Å². The van der Waals surface area contributed by atoms with Crippen molar-refractivity contribution in [1.29, 1.82) is 0 Å². The monoisotopic (exact) mass is 409 g/mol. The third-order valence-electron chi connectivity index (χ3n) is 5.48. The van der Waals surface area contributed by atoms with Crippen LogP contribution in [0.4, 0.5) is 18.0 Å². The molecule has 2 amide bonds. The molecule has 1 aromatic carbocycles. The van der Waals surface area contributed by atoms with Crippen LogP contribution in [0.5, 0.6) is 0 Å². The number of amides is 2. The van der Waals surface area contributed by atoms with Crippen LogP contribution in [-0.4, -0.2) is 59.0 Å². The van der Waals surface area contributed by atoms with Crippen molar-refractivity contribution in [3.8, 4) is 11.4 Å². The Morgan fingerprint density at radius 1 is 1.28 bits per heavy atom. The molecule has 29 heavy (non-hydrogen) atoms. The molecule has 6 nitrogen and oxygen atoms in total. The number of nitrogens with one attached hydrogen (secondary N) is 2. The number of rotatable bonds is 4. The minimum Gasteiger partial charge on any atom is -0.342 e. The molecular formula is C20H26F3N5O. The van der Waals surface area contributed by atoms with Gasteiger partial charge in [0, 0.05) is 51.0 Å². The number of alkyl halides is 3. The summed E-state index contributed by atoms with van der Waals surface area (Å²) in [6, 6.07) is 5.15. The zero-order chi connectivity index (χ0) is 21.2. The van der Waals surface area contributed by atoms with E-state index in [2.05, 4.69) is 20.2 Å². The SMILES string of the molecule is CNC(=O)N(C)C1CCN(Cc2nc(-c3ccc(C(F)(F)F)cc3)[nH]c2C)CC1. The highest BCUT2D eigenvalue weighted by molar-refractivity contribution is 5.73. The van der Waals surface area contributed by atoms with E-state index in [4.69, 9.17) is 0 Å². The maximum atomic E-state index is 12.7. The van der Waals surface area contributed by atoms with Gasteiger partial charge in [0.1, 0.15) is 5.82 Å². The number of aryl methyl sites for hydroxylation is 1. The van der Waals surface area contributed by atoms with Crippen LogP contribution in [0.25, 0.3) is 11.4 Å². The summed E-state index contributed by atoms with van der Waals surface area (Å²) in [4.78, 5) is 23.6. The van der Waals surface area contributed by atoms with Gasteiger partial charge in [-0.3, -0.25) is 4.90 Å². The minimum absolute atomic E-state index is 0.0761. The Hall–Kier alpha value is -2.55. The number of aromatic nitrogens is 2. The Kier molecular flexibility index (Phi) is 6.16. The van der Waals surface area contributed by atoms with Gasteiger partial charge in [-0.15, -0.1) is 0 Å². The van der Waals surface area contributed by atoms with E-state index in [9.17, 15) is 18.0 Å². The van der Waals surface area contributed by atoms with Crippen molar-refractivity contribution in [3.63, 3.8) is 0 Å². The van der Waals surface area contributed by atoms with E-state index in [1.54, 1.807) is 11.9 Å². The van der Waals surface area contributed by atoms with E-state index in [1.165, 1.54) is 12.1 Å². The summed E-state index contributed by atoms with van der Waals surface area (Å²) < 4.78 is 38.2. The Bertz CT molecular complexity index is 839. The largest absolute Gasteiger partial charge is 0.416 e. The number of imidazole rings is 1. The zero-order valence-corrected chi connectivity index (χ0v) is 16.8. The molecule has 158 valence electrons. The Morgan fingerprint density at radius 3 is 2.45 bits per heavy atom. The minimum atomic E-state index is -4.35. The third-order valence-corrected chi connectivity index (χ3v) is 5.48. The van der Waals surface area contributed by atoms with Crippen LogP contribution < -0.4 is 5.32 Å². The predicted molar refractivity (Wildman–Crippen MR) is 104 cm³/mol. The number of hydrogen-bond acceptors (Lipinski definition) is 3. The first-order valence-electron chi connectivity index (χ1n) is 9.59. The number of piperidine rings is 1. The molecule has 0 atom stereocenters. The highest BCUT2D eigenvalue weighted by Gasteiger charge is 2.30. The highest BCUT2D eigenvalue weighted by Crippen LogP contribution is 2.30. The quantitative estimate of drug-likeness (QED) is 0.811. The number of urea groups is 1. The molecule has 0 saturated carbocycles. The standard InChI is InChI=1S/C20H26F3N5O/c1-13-17(12-28-10-8-16(9-11-28)27(3)19(29)24-2)26-18(25-13)14-4-6-15(7-5-14)20(21,22)23/h4-7,16H,8-12H2,1-3H3,(H,24,29)(H,25,26). The van der Waals surface area contributed by atoms with Crippen LogP contribution in [0.2, 0.25) is 0 Å². The smallest absolute Gasteiger partial charge is 0.342 e. The fraction of sp³-hybridized carbons (Fsp3) is 0.500. The van der Waals surface area contributed by atoms with Crippen LogP contribution in [0.1, 0.15) is 29.8 Å². The molecule has 3 rings (SSSR count). The van der Waals surface area contributed by atoms with Crippen LogP contribution >= 0.6 is 0 Å². The molecule has 0 unspecified atom stereocenters. The molecule has 1 fully saturated rings. The van der Waals surface area contributed by atoms with Crippen molar-refractivity contribution in [1.82, 2.24) is 25.1 Å². The van der Waals surface area contributed by atoms with Crippen LogP contribution in [0.3, 0.4) is 0 Å². The number of hydrogen-bond donors (Lipinski definition) is 2. The number of likely N-dealkylation sites (tertiary alicyclic amines) is 1. The summed E-state index contributed by atoms with van der Waals surface area (Å²) in [6.45, 7) is 4.29. The summed E-state index contributed by atoms with van der Waals surface area (Å²) in [5.74, 6) is 0.570. The maximum Gasteiger partial charge on any atom is 0.416 e. The van der Waals surface area contributed by atoms with Crippen molar-refractivity contribution < 1.29 is 18.0 Å². The Balaban J connectivity index is 1.62. The molecule has 0 bridgehead atoms. The van der Waals surface area contributed by atoms with Crippen molar-refractivity contribution in [2.75, 3.05) is 27.2 Å². The number of aromatic amines is 1. The molecule has 1 aliphatic heterocycles. The first-order valence-corrected chi connectivity index (χ1v) is 9.59. The van der Waals surface area contributed by atoms with Crippen molar-refractivity contribution in [2.45, 2.75) is 38.5 Å². The molecule has 1 aliphatic rings. The summed E-state index contributed by atoms with van der Waals surface area (Å²) in [5, 5.41) is 2.65. The molecule has 1 saturated heterocycles. The van der Waals surface area contributed by atoms with Gasteiger partial charge in [-0.25, -0.2) is 9.78 Å². The van der Waals surface area contributed by atoms with E-state index < -0.39 is 11.7 Å². The van der Waals surface area contributed by atoms with E-state index in [-0.39, 0.29) is 12.1 Å². The predicted octanol–water partition coefficient (Wildman–Crippen LogP) is 3.64. The van der Waals surface area contributed by atoms with Gasteiger partial charge in [-0.05, 0) is 31.9 Å². The lowest BCUT2D eigenvalue weighted by Crippen LogP contribution is -2.48. The van der Waals surface area contributed by atoms with Crippen molar-refractivity contribution in [2.24, 2.45) is 0 Å². The fourth-order valence-corrected chi connectivity index (χ4v) is 3.62. The highest BCUT2D eigenvalue weighted by atomic mass is 19.4.